The summed E-state index contributed by atoms with van der Waals surface area (Å²) in [6.07, 6.45) is 4.75. The van der Waals surface area contributed by atoms with Crippen molar-refractivity contribution in [2.45, 2.75) is 6.92 Å². The fourth-order valence-electron chi connectivity index (χ4n) is 2.90. The summed E-state index contributed by atoms with van der Waals surface area (Å²) in [5, 5.41) is 11.5. The number of carbonyl (C=O) groups is 1. The molecular formula is C20H15N3O2. The van der Waals surface area contributed by atoms with E-state index >= 15 is 0 Å². The number of nitrogens with zero attached hydrogens (tertiary/aromatic N) is 3. The predicted octanol–water partition coefficient (Wildman–Crippen LogP) is 3.53. The van der Waals surface area contributed by atoms with Crippen LogP contribution in [0.3, 0.4) is 0 Å². The van der Waals surface area contributed by atoms with Crippen molar-refractivity contribution in [3.05, 3.63) is 84.1 Å². The zero-order chi connectivity index (χ0) is 17.4. The lowest BCUT2D eigenvalue weighted by atomic mass is 10.1. The Morgan fingerprint density at radius 1 is 1.08 bits per heavy atom. The lowest BCUT2D eigenvalue weighted by molar-refractivity contribution is -0.604. The highest BCUT2D eigenvalue weighted by Gasteiger charge is 2.09. The van der Waals surface area contributed by atoms with Gasteiger partial charge in [-0.1, -0.05) is 12.1 Å². The van der Waals surface area contributed by atoms with E-state index in [0.717, 1.165) is 32.6 Å². The summed E-state index contributed by atoms with van der Waals surface area (Å²) in [5.74, 6) is 0.0217. The van der Waals surface area contributed by atoms with Crippen molar-refractivity contribution in [2.24, 2.45) is 0 Å². The molecule has 2 aromatic carbocycles. The van der Waals surface area contributed by atoms with E-state index < -0.39 is 0 Å². The number of Topliss-reactive ketones (excluding diaryl/α,β-unsaturated/α-hetero) is 1. The summed E-state index contributed by atoms with van der Waals surface area (Å²) >= 11 is 0. The highest BCUT2D eigenvalue weighted by Crippen LogP contribution is 2.24. The molecule has 2 aromatic heterocycles. The van der Waals surface area contributed by atoms with E-state index in [0.29, 0.717) is 5.56 Å². The number of aromatic nitrogens is 3. The molecule has 25 heavy (non-hydrogen) atoms. The number of hydrogen-bond acceptors (Lipinski definition) is 3. The maximum Gasteiger partial charge on any atom is 0.188 e. The van der Waals surface area contributed by atoms with Gasteiger partial charge < -0.3 is 5.21 Å². The summed E-state index contributed by atoms with van der Waals surface area (Å²) < 4.78 is 2.76. The second-order valence-corrected chi connectivity index (χ2v) is 5.88. The van der Waals surface area contributed by atoms with Gasteiger partial charge in [0.1, 0.15) is 6.33 Å². The molecule has 4 rings (SSSR count). The molecule has 0 fully saturated rings. The van der Waals surface area contributed by atoms with Crippen LogP contribution in [0.15, 0.2) is 73.3 Å². The second kappa shape index (κ2) is 5.87. The molecule has 0 aliphatic heterocycles. The van der Waals surface area contributed by atoms with Crippen molar-refractivity contribution < 1.29 is 9.52 Å². The predicted molar refractivity (Wildman–Crippen MR) is 95.5 cm³/mol. The Balaban J connectivity index is 1.81. The van der Waals surface area contributed by atoms with Gasteiger partial charge in [-0.2, -0.15) is 4.73 Å². The van der Waals surface area contributed by atoms with Crippen LogP contribution in [0.1, 0.15) is 17.3 Å². The third kappa shape index (κ3) is 2.76. The van der Waals surface area contributed by atoms with Crippen LogP contribution in [-0.4, -0.2) is 15.3 Å². The number of fused-ring (bicyclic) bond motifs is 1. The molecule has 0 N–H and O–H groups in total. The average Bonchev–Trinajstić information content (AvgIpc) is 3.05. The maximum absolute atomic E-state index is 11.5. The van der Waals surface area contributed by atoms with E-state index in [1.54, 1.807) is 31.6 Å². The first-order chi connectivity index (χ1) is 12.1. The van der Waals surface area contributed by atoms with Crippen LogP contribution in [-0.2, 0) is 0 Å². The molecule has 2 heterocycles. The van der Waals surface area contributed by atoms with Gasteiger partial charge in [0.05, 0.1) is 11.0 Å². The highest BCUT2D eigenvalue weighted by atomic mass is 16.5. The van der Waals surface area contributed by atoms with Crippen LogP contribution < -0.4 is 4.73 Å². The van der Waals surface area contributed by atoms with E-state index in [4.69, 9.17) is 0 Å². The van der Waals surface area contributed by atoms with Gasteiger partial charge in [0.2, 0.25) is 0 Å². The molecule has 0 saturated carbocycles. The van der Waals surface area contributed by atoms with Crippen molar-refractivity contribution in [1.82, 2.24) is 9.55 Å². The minimum Gasteiger partial charge on any atom is -0.619 e. The Kier molecular flexibility index (Phi) is 3.54. The second-order valence-electron chi connectivity index (χ2n) is 5.88. The number of ketones is 1. The molecule has 0 amide bonds. The van der Waals surface area contributed by atoms with Crippen molar-refractivity contribution in [2.75, 3.05) is 0 Å². The van der Waals surface area contributed by atoms with Gasteiger partial charge in [-0.3, -0.25) is 9.36 Å². The Morgan fingerprint density at radius 3 is 2.72 bits per heavy atom. The fraction of sp³-hybridized carbons (Fsp3) is 0.0500. The molecule has 0 radical (unpaired) electrons. The maximum atomic E-state index is 11.5. The molecule has 122 valence electrons. The normalized spacial score (nSPS) is 10.9. The summed E-state index contributed by atoms with van der Waals surface area (Å²) in [4.78, 5) is 15.9. The molecule has 5 nitrogen and oxygen atoms in total. The zero-order valence-corrected chi connectivity index (χ0v) is 13.6. The fourth-order valence-corrected chi connectivity index (χ4v) is 2.90. The molecule has 4 aromatic rings. The van der Waals surface area contributed by atoms with Crippen LogP contribution in [0.25, 0.3) is 27.8 Å². The Bertz CT molecular complexity index is 1100. The van der Waals surface area contributed by atoms with Crippen molar-refractivity contribution in [1.29, 1.82) is 0 Å². The van der Waals surface area contributed by atoms with Gasteiger partial charge in [-0.25, -0.2) is 4.98 Å². The SMILES string of the molecule is CC(=O)c1ccc2c(c1)ncn2-c1cccc(-c2ccc[n+]([O-])c2)c1. The average molecular weight is 329 g/mol. The molecule has 0 aliphatic carbocycles. The molecule has 0 aliphatic rings. The number of hydrogen-bond donors (Lipinski definition) is 0. The van der Waals surface area contributed by atoms with E-state index in [1.807, 2.05) is 47.0 Å². The topological polar surface area (TPSA) is 61.8 Å². The van der Waals surface area contributed by atoms with Gasteiger partial charge in [-0.05, 0) is 48.9 Å². The van der Waals surface area contributed by atoms with Crippen molar-refractivity contribution in [3.63, 3.8) is 0 Å². The number of carbonyl (C=O) groups excluding carboxylic acids is 1. The number of rotatable bonds is 3. The third-order valence-corrected chi connectivity index (χ3v) is 4.19. The molecule has 0 bridgehead atoms. The van der Waals surface area contributed by atoms with Gasteiger partial charge >= 0.3 is 0 Å². The van der Waals surface area contributed by atoms with E-state index in [2.05, 4.69) is 4.98 Å². The van der Waals surface area contributed by atoms with Crippen LogP contribution in [0.4, 0.5) is 0 Å². The Hall–Kier alpha value is -3.47. The Morgan fingerprint density at radius 2 is 1.92 bits per heavy atom. The van der Waals surface area contributed by atoms with E-state index in [1.165, 1.54) is 6.20 Å². The van der Waals surface area contributed by atoms with Crippen LogP contribution in [0, 0.1) is 5.21 Å². The van der Waals surface area contributed by atoms with E-state index in [9.17, 15) is 10.0 Å². The van der Waals surface area contributed by atoms with Crippen LogP contribution in [0.2, 0.25) is 0 Å². The molecular weight excluding hydrogens is 314 g/mol. The first-order valence-corrected chi connectivity index (χ1v) is 7.89. The van der Waals surface area contributed by atoms with Crippen molar-refractivity contribution >= 4 is 16.8 Å². The van der Waals surface area contributed by atoms with Gasteiger partial charge in [-0.15, -0.1) is 0 Å². The van der Waals surface area contributed by atoms with Crippen LogP contribution in [0.5, 0.6) is 0 Å². The quantitative estimate of drug-likeness (QED) is 0.328. The minimum atomic E-state index is 0.0217. The summed E-state index contributed by atoms with van der Waals surface area (Å²) in [7, 11) is 0. The summed E-state index contributed by atoms with van der Waals surface area (Å²) in [6, 6.07) is 17.0. The summed E-state index contributed by atoms with van der Waals surface area (Å²) in [6.45, 7) is 1.55. The smallest absolute Gasteiger partial charge is 0.188 e. The van der Waals surface area contributed by atoms with Gasteiger partial charge in [0.25, 0.3) is 0 Å². The monoisotopic (exact) mass is 329 g/mol. The molecule has 0 spiro atoms. The standard InChI is InChI=1S/C20H15N3O2/c1-14(24)15-7-8-20-19(11-15)21-13-23(20)18-6-2-4-16(10-18)17-5-3-9-22(25)12-17/h2-13H,1H3. The molecule has 0 unspecified atom stereocenters. The molecule has 5 heteroatoms. The van der Waals surface area contributed by atoms with Crippen molar-refractivity contribution in [3.8, 4) is 16.8 Å². The first kappa shape index (κ1) is 15.1. The minimum absolute atomic E-state index is 0.0217. The van der Waals surface area contributed by atoms with Gasteiger partial charge in [0, 0.05) is 22.9 Å². The lowest BCUT2D eigenvalue weighted by Crippen LogP contribution is -2.23. The molecule has 0 saturated heterocycles. The zero-order valence-electron chi connectivity index (χ0n) is 13.6. The lowest BCUT2D eigenvalue weighted by Gasteiger charge is -2.08. The molecule has 0 atom stereocenters. The van der Waals surface area contributed by atoms with E-state index in [-0.39, 0.29) is 5.78 Å². The van der Waals surface area contributed by atoms with Gasteiger partial charge in [0.15, 0.2) is 18.2 Å². The highest BCUT2D eigenvalue weighted by molar-refractivity contribution is 5.97. The third-order valence-electron chi connectivity index (χ3n) is 4.19. The number of imidazole rings is 1. The number of benzene rings is 2. The number of pyridine rings is 1. The Labute approximate surface area is 144 Å². The first-order valence-electron chi connectivity index (χ1n) is 7.89. The largest absolute Gasteiger partial charge is 0.619 e. The van der Waals surface area contributed by atoms with Crippen LogP contribution >= 0.6 is 0 Å². The summed E-state index contributed by atoms with van der Waals surface area (Å²) in [5.41, 5.74) is 5.09.